The number of likely N-dealkylation sites (tertiary alicyclic amines) is 1. The van der Waals surface area contributed by atoms with Crippen molar-refractivity contribution in [1.29, 1.82) is 0 Å². The van der Waals surface area contributed by atoms with Gasteiger partial charge in [-0.05, 0) is 60.5 Å². The third-order valence-electron chi connectivity index (χ3n) is 7.07. The van der Waals surface area contributed by atoms with Gasteiger partial charge in [0.1, 0.15) is 0 Å². The number of hydrogen-bond acceptors (Lipinski definition) is 3. The molecule has 2 heterocycles. The Morgan fingerprint density at radius 1 is 0.935 bits per heavy atom. The van der Waals surface area contributed by atoms with Crippen LogP contribution < -0.4 is 0 Å². The van der Waals surface area contributed by atoms with Gasteiger partial charge in [-0.3, -0.25) is 4.90 Å². The summed E-state index contributed by atoms with van der Waals surface area (Å²) in [7, 11) is 0. The monoisotopic (exact) mass is 415 g/mol. The van der Waals surface area contributed by atoms with Crippen LogP contribution in [0.25, 0.3) is 10.8 Å². The minimum absolute atomic E-state index is 0.00997. The predicted molar refractivity (Wildman–Crippen MR) is 126 cm³/mol. The second-order valence-electron chi connectivity index (χ2n) is 9.21. The van der Waals surface area contributed by atoms with Gasteiger partial charge >= 0.3 is 0 Å². The molecule has 2 aliphatic heterocycles. The highest BCUT2D eigenvalue weighted by atomic mass is 16.7. The number of hydrogen-bond donors (Lipinski definition) is 0. The molecular formula is C28H33NO2. The Kier molecular flexibility index (Phi) is 6.35. The van der Waals surface area contributed by atoms with Gasteiger partial charge in [0.05, 0.1) is 6.61 Å². The maximum absolute atomic E-state index is 6.19. The maximum atomic E-state index is 6.19. The molecule has 3 heteroatoms. The molecular weight excluding hydrogens is 382 g/mol. The highest BCUT2D eigenvalue weighted by molar-refractivity contribution is 5.83. The Bertz CT molecular complexity index is 982. The third kappa shape index (κ3) is 4.85. The Hall–Kier alpha value is -2.20. The van der Waals surface area contributed by atoms with Gasteiger partial charge in [0.25, 0.3) is 0 Å². The highest BCUT2D eigenvalue weighted by Crippen LogP contribution is 2.39. The van der Waals surface area contributed by atoms with Crippen LogP contribution in [-0.2, 0) is 21.4 Å². The summed E-state index contributed by atoms with van der Waals surface area (Å²) < 4.78 is 12.0. The molecule has 3 nitrogen and oxygen atoms in total. The van der Waals surface area contributed by atoms with Crippen molar-refractivity contribution in [3.05, 3.63) is 83.9 Å². The molecule has 2 unspecified atom stereocenters. The van der Waals surface area contributed by atoms with Crippen LogP contribution in [0.15, 0.2) is 72.8 Å². The summed E-state index contributed by atoms with van der Waals surface area (Å²) in [6, 6.07) is 26.6. The lowest BCUT2D eigenvalue weighted by atomic mass is 9.76. The summed E-state index contributed by atoms with van der Waals surface area (Å²) in [6.45, 7) is 4.82. The molecule has 31 heavy (non-hydrogen) atoms. The molecule has 0 spiro atoms. The Morgan fingerprint density at radius 2 is 1.77 bits per heavy atom. The second-order valence-corrected chi connectivity index (χ2v) is 9.21. The SMILES string of the molecule is c1ccc(CN2CCC(CCOC3CCCCO3)(c3ccc4ccccc4c3)C2)cc1. The molecule has 5 rings (SSSR count). The van der Waals surface area contributed by atoms with Crippen molar-refractivity contribution in [3.63, 3.8) is 0 Å². The van der Waals surface area contributed by atoms with Gasteiger partial charge in [-0.25, -0.2) is 0 Å². The summed E-state index contributed by atoms with van der Waals surface area (Å²) in [5.74, 6) is 0. The normalized spacial score (nSPS) is 24.6. The smallest absolute Gasteiger partial charge is 0.157 e. The minimum atomic E-state index is -0.00997. The van der Waals surface area contributed by atoms with Gasteiger partial charge in [-0.15, -0.1) is 0 Å². The zero-order chi connectivity index (χ0) is 20.9. The first-order chi connectivity index (χ1) is 15.3. The molecule has 0 saturated carbocycles. The molecule has 162 valence electrons. The Balaban J connectivity index is 1.35. The largest absolute Gasteiger partial charge is 0.353 e. The maximum Gasteiger partial charge on any atom is 0.157 e. The van der Waals surface area contributed by atoms with Gasteiger partial charge < -0.3 is 9.47 Å². The van der Waals surface area contributed by atoms with Crippen LogP contribution in [0, 0.1) is 0 Å². The second kappa shape index (κ2) is 9.52. The molecule has 2 saturated heterocycles. The Morgan fingerprint density at radius 3 is 2.61 bits per heavy atom. The average molecular weight is 416 g/mol. The average Bonchev–Trinajstić information content (AvgIpc) is 3.24. The quantitative estimate of drug-likeness (QED) is 0.478. The molecule has 3 aromatic carbocycles. The first-order valence-electron chi connectivity index (χ1n) is 11.8. The van der Waals surface area contributed by atoms with Crippen LogP contribution in [0.4, 0.5) is 0 Å². The number of benzene rings is 3. The van der Waals surface area contributed by atoms with Crippen LogP contribution in [0.3, 0.4) is 0 Å². The van der Waals surface area contributed by atoms with E-state index in [-0.39, 0.29) is 11.7 Å². The highest BCUT2D eigenvalue weighted by Gasteiger charge is 2.39. The molecule has 0 amide bonds. The van der Waals surface area contributed by atoms with Crippen LogP contribution in [-0.4, -0.2) is 37.5 Å². The zero-order valence-corrected chi connectivity index (χ0v) is 18.3. The van der Waals surface area contributed by atoms with Crippen molar-refractivity contribution in [2.45, 2.75) is 50.4 Å². The van der Waals surface area contributed by atoms with Gasteiger partial charge in [0.2, 0.25) is 0 Å². The molecule has 2 fully saturated rings. The first-order valence-corrected chi connectivity index (χ1v) is 11.8. The molecule has 2 aliphatic rings. The number of nitrogens with zero attached hydrogens (tertiary/aromatic N) is 1. The number of fused-ring (bicyclic) bond motifs is 1. The van der Waals surface area contributed by atoms with Crippen LogP contribution >= 0.6 is 0 Å². The van der Waals surface area contributed by atoms with Crippen LogP contribution in [0.2, 0.25) is 0 Å². The summed E-state index contributed by atoms with van der Waals surface area (Å²) in [5, 5.41) is 2.64. The van der Waals surface area contributed by atoms with Crippen molar-refractivity contribution in [1.82, 2.24) is 4.90 Å². The standard InChI is InChI=1S/C28H33NO2/c1-2-8-23(9-3-1)21-29-17-15-28(22-29,16-19-31-27-12-6-7-18-30-27)26-14-13-24-10-4-5-11-25(24)20-26/h1-5,8-11,13-14,20,27H,6-7,12,15-19,21-22H2. The van der Waals surface area contributed by atoms with E-state index in [2.05, 4.69) is 77.7 Å². The first kappa shape index (κ1) is 20.7. The van der Waals surface area contributed by atoms with Gasteiger partial charge in [0, 0.05) is 25.1 Å². The molecule has 3 aromatic rings. The molecule has 0 aliphatic carbocycles. The summed E-state index contributed by atoms with van der Waals surface area (Å²) in [4.78, 5) is 2.61. The van der Waals surface area contributed by atoms with Crippen molar-refractivity contribution in [3.8, 4) is 0 Å². The van der Waals surface area contributed by atoms with Gasteiger partial charge in [-0.1, -0.05) is 72.8 Å². The number of ether oxygens (including phenoxy) is 2. The molecule has 0 bridgehead atoms. The molecule has 0 radical (unpaired) electrons. The van der Waals surface area contributed by atoms with E-state index in [0.29, 0.717) is 0 Å². The lowest BCUT2D eigenvalue weighted by Gasteiger charge is -2.32. The zero-order valence-electron chi connectivity index (χ0n) is 18.3. The summed E-state index contributed by atoms with van der Waals surface area (Å²) >= 11 is 0. The van der Waals surface area contributed by atoms with Crippen LogP contribution in [0.1, 0.15) is 43.2 Å². The van der Waals surface area contributed by atoms with Crippen molar-refractivity contribution in [2.24, 2.45) is 0 Å². The van der Waals surface area contributed by atoms with Crippen molar-refractivity contribution >= 4 is 10.8 Å². The fraction of sp³-hybridized carbons (Fsp3) is 0.429. The van der Waals surface area contributed by atoms with Crippen molar-refractivity contribution in [2.75, 3.05) is 26.3 Å². The van der Waals surface area contributed by atoms with E-state index in [0.717, 1.165) is 52.1 Å². The number of rotatable bonds is 7. The van der Waals surface area contributed by atoms with E-state index in [1.54, 1.807) is 0 Å². The summed E-state index contributed by atoms with van der Waals surface area (Å²) in [6.07, 6.45) is 5.61. The van der Waals surface area contributed by atoms with Crippen molar-refractivity contribution < 1.29 is 9.47 Å². The van der Waals surface area contributed by atoms with E-state index in [1.165, 1.54) is 34.7 Å². The summed E-state index contributed by atoms with van der Waals surface area (Å²) in [5.41, 5.74) is 2.98. The predicted octanol–water partition coefficient (Wildman–Crippen LogP) is 5.92. The molecule has 0 aromatic heterocycles. The van der Waals surface area contributed by atoms with E-state index in [1.807, 2.05) is 0 Å². The van der Waals surface area contributed by atoms with E-state index in [4.69, 9.17) is 9.47 Å². The van der Waals surface area contributed by atoms with Gasteiger partial charge in [0.15, 0.2) is 6.29 Å². The topological polar surface area (TPSA) is 21.7 Å². The lowest BCUT2D eigenvalue weighted by molar-refractivity contribution is -0.164. The lowest BCUT2D eigenvalue weighted by Crippen LogP contribution is -2.33. The minimum Gasteiger partial charge on any atom is -0.353 e. The van der Waals surface area contributed by atoms with E-state index < -0.39 is 0 Å². The van der Waals surface area contributed by atoms with Gasteiger partial charge in [-0.2, -0.15) is 0 Å². The Labute approximate surface area is 186 Å². The molecule has 0 N–H and O–H groups in total. The van der Waals surface area contributed by atoms with E-state index >= 15 is 0 Å². The fourth-order valence-electron chi connectivity index (χ4n) is 5.27. The fourth-order valence-corrected chi connectivity index (χ4v) is 5.27. The van der Waals surface area contributed by atoms with E-state index in [9.17, 15) is 0 Å². The third-order valence-corrected chi connectivity index (χ3v) is 7.07. The van der Waals surface area contributed by atoms with Crippen LogP contribution in [0.5, 0.6) is 0 Å². The molecule has 2 atom stereocenters.